The van der Waals surface area contributed by atoms with Gasteiger partial charge in [-0.2, -0.15) is 0 Å². The molecule has 10 rings (SSSR count). The Morgan fingerprint density at radius 1 is 0.320 bits per heavy atom. The molecule has 3 heterocycles. The first-order valence-electron chi connectivity index (χ1n) is 16.8. The number of hydrogen-bond donors (Lipinski definition) is 0. The van der Waals surface area contributed by atoms with E-state index in [2.05, 4.69) is 167 Å². The van der Waals surface area contributed by atoms with Crippen molar-refractivity contribution in [1.29, 1.82) is 0 Å². The van der Waals surface area contributed by atoms with E-state index in [1.54, 1.807) is 0 Å². The molecule has 0 saturated carbocycles. The van der Waals surface area contributed by atoms with Crippen molar-refractivity contribution in [3.05, 3.63) is 176 Å². The zero-order chi connectivity index (χ0) is 33.0. The minimum atomic E-state index is 0.620. The zero-order valence-electron chi connectivity index (χ0n) is 27.0. The molecule has 0 aliphatic carbocycles. The second-order valence-corrected chi connectivity index (χ2v) is 12.5. The highest BCUT2D eigenvalue weighted by Crippen LogP contribution is 2.37. The molecule has 0 aliphatic rings. The predicted molar refractivity (Wildman–Crippen MR) is 205 cm³/mol. The quantitative estimate of drug-likeness (QED) is 0.188. The van der Waals surface area contributed by atoms with Crippen LogP contribution in [0.4, 0.5) is 0 Å². The third kappa shape index (κ3) is 4.45. The van der Waals surface area contributed by atoms with Crippen LogP contribution >= 0.6 is 0 Å². The number of aromatic nitrogens is 5. The van der Waals surface area contributed by atoms with Crippen molar-refractivity contribution in [3.63, 3.8) is 0 Å². The van der Waals surface area contributed by atoms with Crippen LogP contribution in [0.5, 0.6) is 0 Å². The van der Waals surface area contributed by atoms with Crippen molar-refractivity contribution in [2.45, 2.75) is 0 Å². The number of rotatable bonds is 5. The van der Waals surface area contributed by atoms with E-state index in [4.69, 9.17) is 15.0 Å². The van der Waals surface area contributed by atoms with Gasteiger partial charge in [-0.15, -0.1) is 0 Å². The molecule has 0 radical (unpaired) electrons. The fourth-order valence-electron chi connectivity index (χ4n) is 7.35. The SMILES string of the molecule is c1ccc(-c2nc(-c3ccc4c5ccccc5n(-c5ccccc5)c4c3)nc(-c3ccccc3-n3c4ccccc4c4ccccc43)n2)cc1. The molecule has 0 amide bonds. The lowest BCUT2D eigenvalue weighted by Gasteiger charge is -2.14. The van der Waals surface area contributed by atoms with Gasteiger partial charge in [0.1, 0.15) is 0 Å². The van der Waals surface area contributed by atoms with Crippen molar-refractivity contribution < 1.29 is 0 Å². The van der Waals surface area contributed by atoms with Crippen LogP contribution in [0.15, 0.2) is 176 Å². The molecule has 234 valence electrons. The minimum absolute atomic E-state index is 0.620. The maximum atomic E-state index is 5.25. The average molecular weight is 640 g/mol. The molecule has 0 spiro atoms. The van der Waals surface area contributed by atoms with Crippen molar-refractivity contribution in [1.82, 2.24) is 24.1 Å². The van der Waals surface area contributed by atoms with Crippen LogP contribution in [0.25, 0.3) is 89.2 Å². The molecular weight excluding hydrogens is 611 g/mol. The summed E-state index contributed by atoms with van der Waals surface area (Å²) in [6.07, 6.45) is 0. The first-order valence-corrected chi connectivity index (χ1v) is 16.8. The first-order chi connectivity index (χ1) is 24.8. The summed E-state index contributed by atoms with van der Waals surface area (Å²) in [5, 5.41) is 4.81. The predicted octanol–water partition coefficient (Wildman–Crippen LogP) is 11.1. The van der Waals surface area contributed by atoms with Crippen LogP contribution in [0, 0.1) is 0 Å². The molecule has 0 aliphatic heterocycles. The third-order valence-corrected chi connectivity index (χ3v) is 9.58. The van der Waals surface area contributed by atoms with Crippen LogP contribution in [0.2, 0.25) is 0 Å². The average Bonchev–Trinajstić information content (AvgIpc) is 3.71. The van der Waals surface area contributed by atoms with E-state index in [1.165, 1.54) is 21.5 Å². The molecule has 7 aromatic carbocycles. The molecule has 3 aromatic heterocycles. The van der Waals surface area contributed by atoms with E-state index >= 15 is 0 Å². The first kappa shape index (κ1) is 28.2. The lowest BCUT2D eigenvalue weighted by atomic mass is 10.1. The summed E-state index contributed by atoms with van der Waals surface area (Å²) >= 11 is 0. The van der Waals surface area contributed by atoms with Gasteiger partial charge in [-0.25, -0.2) is 15.0 Å². The number of nitrogens with zero attached hydrogens (tertiary/aromatic N) is 5. The molecule has 0 N–H and O–H groups in total. The van der Waals surface area contributed by atoms with Gasteiger partial charge in [0.15, 0.2) is 17.5 Å². The topological polar surface area (TPSA) is 48.5 Å². The maximum Gasteiger partial charge on any atom is 0.166 e. The fourth-order valence-corrected chi connectivity index (χ4v) is 7.35. The van der Waals surface area contributed by atoms with Crippen molar-refractivity contribution in [3.8, 4) is 45.5 Å². The Bertz CT molecular complexity index is 2810. The molecule has 50 heavy (non-hydrogen) atoms. The van der Waals surface area contributed by atoms with E-state index in [9.17, 15) is 0 Å². The van der Waals surface area contributed by atoms with Gasteiger partial charge in [-0.1, -0.05) is 127 Å². The lowest BCUT2D eigenvalue weighted by molar-refractivity contribution is 1.06. The van der Waals surface area contributed by atoms with Crippen LogP contribution in [0.1, 0.15) is 0 Å². The van der Waals surface area contributed by atoms with Crippen molar-refractivity contribution in [2.24, 2.45) is 0 Å². The Morgan fingerprint density at radius 2 is 0.800 bits per heavy atom. The summed E-state index contributed by atoms with van der Waals surface area (Å²) in [6.45, 7) is 0. The lowest BCUT2D eigenvalue weighted by Crippen LogP contribution is -2.03. The van der Waals surface area contributed by atoms with E-state index in [-0.39, 0.29) is 0 Å². The summed E-state index contributed by atoms with van der Waals surface area (Å²) in [5.74, 6) is 1.87. The van der Waals surface area contributed by atoms with Crippen LogP contribution < -0.4 is 0 Å². The highest BCUT2D eigenvalue weighted by atomic mass is 15.1. The molecule has 0 atom stereocenters. The standard InChI is InChI=1S/C45H29N5/c1-3-15-30(16-4-1)43-46-44(31-27-28-36-35-21-7-11-23-38(35)49(42(36)29-31)32-17-5-2-6-18-32)48-45(47-43)37-22-10-14-26-41(37)50-39-24-12-8-19-33(39)34-20-9-13-25-40(34)50/h1-29H. The van der Waals surface area contributed by atoms with E-state index in [0.29, 0.717) is 17.5 Å². The summed E-state index contributed by atoms with van der Waals surface area (Å²) in [6, 6.07) is 61.4. The van der Waals surface area contributed by atoms with Gasteiger partial charge in [0, 0.05) is 43.9 Å². The zero-order valence-corrected chi connectivity index (χ0v) is 27.0. The number of fused-ring (bicyclic) bond motifs is 6. The second-order valence-electron chi connectivity index (χ2n) is 12.5. The Balaban J connectivity index is 1.23. The van der Waals surface area contributed by atoms with Gasteiger partial charge < -0.3 is 9.13 Å². The van der Waals surface area contributed by atoms with Crippen molar-refractivity contribution >= 4 is 43.6 Å². The van der Waals surface area contributed by atoms with E-state index < -0.39 is 0 Å². The smallest absolute Gasteiger partial charge is 0.166 e. The number of para-hydroxylation sites is 5. The van der Waals surface area contributed by atoms with Gasteiger partial charge >= 0.3 is 0 Å². The van der Waals surface area contributed by atoms with E-state index in [0.717, 1.165) is 50.1 Å². The third-order valence-electron chi connectivity index (χ3n) is 9.58. The van der Waals surface area contributed by atoms with Crippen LogP contribution in [-0.2, 0) is 0 Å². The molecule has 0 unspecified atom stereocenters. The summed E-state index contributed by atoms with van der Waals surface area (Å²) in [7, 11) is 0. The molecule has 5 heteroatoms. The Labute approximate surface area is 288 Å². The summed E-state index contributed by atoms with van der Waals surface area (Å²) in [4.78, 5) is 15.5. The monoisotopic (exact) mass is 639 g/mol. The molecule has 0 bridgehead atoms. The highest BCUT2D eigenvalue weighted by molar-refractivity contribution is 6.11. The molecule has 5 nitrogen and oxygen atoms in total. The number of benzene rings is 7. The summed E-state index contributed by atoms with van der Waals surface area (Å²) < 4.78 is 4.65. The maximum absolute atomic E-state index is 5.25. The van der Waals surface area contributed by atoms with Crippen LogP contribution in [0.3, 0.4) is 0 Å². The normalized spacial score (nSPS) is 11.6. The molecule has 0 fully saturated rings. The molecular formula is C45H29N5. The minimum Gasteiger partial charge on any atom is -0.309 e. The van der Waals surface area contributed by atoms with E-state index in [1.807, 2.05) is 18.2 Å². The van der Waals surface area contributed by atoms with Crippen molar-refractivity contribution in [2.75, 3.05) is 0 Å². The van der Waals surface area contributed by atoms with Gasteiger partial charge in [0.05, 0.1) is 27.8 Å². The van der Waals surface area contributed by atoms with Gasteiger partial charge in [-0.3, -0.25) is 0 Å². The molecule has 10 aromatic rings. The van der Waals surface area contributed by atoms with Crippen LogP contribution in [-0.4, -0.2) is 24.1 Å². The van der Waals surface area contributed by atoms with Gasteiger partial charge in [0.25, 0.3) is 0 Å². The molecule has 0 saturated heterocycles. The second kappa shape index (κ2) is 11.4. The fraction of sp³-hybridized carbons (Fsp3) is 0. The van der Waals surface area contributed by atoms with Gasteiger partial charge in [-0.05, 0) is 48.5 Å². The Kier molecular flexibility index (Phi) is 6.42. The largest absolute Gasteiger partial charge is 0.309 e. The number of hydrogen-bond acceptors (Lipinski definition) is 3. The Morgan fingerprint density at radius 3 is 1.46 bits per heavy atom. The summed E-state index contributed by atoms with van der Waals surface area (Å²) in [5.41, 5.74) is 9.45. The highest BCUT2D eigenvalue weighted by Gasteiger charge is 2.20. The van der Waals surface area contributed by atoms with Gasteiger partial charge in [0.2, 0.25) is 0 Å². The Hall–Kier alpha value is -6.85.